The highest BCUT2D eigenvalue weighted by molar-refractivity contribution is 7.17. The van der Waals surface area contributed by atoms with Crippen LogP contribution < -0.4 is 4.90 Å². The predicted molar refractivity (Wildman–Crippen MR) is 91.6 cm³/mol. The van der Waals surface area contributed by atoms with Gasteiger partial charge in [-0.3, -0.25) is 0 Å². The van der Waals surface area contributed by atoms with Crippen molar-refractivity contribution >= 4 is 34.1 Å². The van der Waals surface area contributed by atoms with Crippen LogP contribution in [0.1, 0.15) is 4.88 Å². The Bertz CT molecular complexity index is 868. The van der Waals surface area contributed by atoms with E-state index in [1.807, 2.05) is 49.3 Å². The lowest BCUT2D eigenvalue weighted by molar-refractivity contribution is -0.136. The topological polar surface area (TPSA) is 41.9 Å². The molecule has 1 aliphatic heterocycles. The third kappa shape index (κ3) is 3.43. The number of halogens is 3. The summed E-state index contributed by atoms with van der Waals surface area (Å²) in [5, 5.41) is 3.73. The van der Waals surface area contributed by atoms with Gasteiger partial charge in [0.1, 0.15) is 0 Å². The Morgan fingerprint density at radius 3 is 2.48 bits per heavy atom. The van der Waals surface area contributed by atoms with Crippen molar-refractivity contribution in [3.63, 3.8) is 0 Å². The Morgan fingerprint density at radius 2 is 1.88 bits per heavy atom. The summed E-state index contributed by atoms with van der Waals surface area (Å²) >= 11 is 1.28. The first-order valence-corrected chi connectivity index (χ1v) is 8.04. The molecule has 0 saturated carbocycles. The van der Waals surface area contributed by atoms with Crippen LogP contribution in [0, 0.1) is 0 Å². The number of nitrogens with zero attached hydrogens (tertiary/aromatic N) is 2. The molecule has 0 aliphatic carbocycles. The molecule has 1 aromatic heterocycles. The number of alkyl halides is 3. The van der Waals surface area contributed by atoms with Crippen LogP contribution in [0.25, 0.3) is 17.2 Å². The molecular formula is C17H13F3N2O2S. The average Bonchev–Trinajstić information content (AvgIpc) is 3.13. The summed E-state index contributed by atoms with van der Waals surface area (Å²) < 4.78 is 38.9. The first-order chi connectivity index (χ1) is 11.8. The molecule has 1 aromatic carbocycles. The van der Waals surface area contributed by atoms with Crippen LogP contribution in [0.4, 0.5) is 18.2 Å². The molecule has 0 atom stereocenters. The second-order valence-corrected chi connectivity index (χ2v) is 6.56. The lowest BCUT2D eigenvalue weighted by atomic mass is 10.1. The quantitative estimate of drug-likeness (QED) is 0.599. The molecule has 0 unspecified atom stereocenters. The first-order valence-electron chi connectivity index (χ1n) is 7.22. The van der Waals surface area contributed by atoms with Crippen molar-refractivity contribution in [2.24, 2.45) is 5.16 Å². The van der Waals surface area contributed by atoms with Gasteiger partial charge in [-0.1, -0.05) is 35.5 Å². The Labute approximate surface area is 145 Å². The Hall–Kier alpha value is -2.61. The summed E-state index contributed by atoms with van der Waals surface area (Å²) in [6.07, 6.45) is -3.58. The van der Waals surface area contributed by atoms with Gasteiger partial charge in [-0.15, -0.1) is 11.3 Å². The molecule has 0 N–H and O–H groups in total. The smallest absolute Gasteiger partial charge is 0.369 e. The van der Waals surface area contributed by atoms with Crippen LogP contribution in [-0.2, 0) is 9.63 Å². The van der Waals surface area contributed by atoms with E-state index in [1.165, 1.54) is 17.4 Å². The van der Waals surface area contributed by atoms with Crippen molar-refractivity contribution in [3.8, 4) is 11.1 Å². The maximum absolute atomic E-state index is 13.0. The lowest BCUT2D eigenvalue weighted by Crippen LogP contribution is -2.24. The second kappa shape index (κ2) is 6.36. The zero-order chi connectivity index (χ0) is 18.2. The first kappa shape index (κ1) is 17.2. The maximum Gasteiger partial charge on any atom is 0.437 e. The van der Waals surface area contributed by atoms with Crippen LogP contribution in [0.3, 0.4) is 0 Å². The zero-order valence-corrected chi connectivity index (χ0v) is 14.1. The van der Waals surface area contributed by atoms with E-state index in [4.69, 9.17) is 0 Å². The number of benzene rings is 1. The third-order valence-electron chi connectivity index (χ3n) is 3.47. The molecule has 0 spiro atoms. The summed E-state index contributed by atoms with van der Waals surface area (Å²) in [5.74, 6) is -1.10. The van der Waals surface area contributed by atoms with Crippen LogP contribution in [0.15, 0.2) is 47.1 Å². The van der Waals surface area contributed by atoms with Crippen LogP contribution in [-0.4, -0.2) is 32.0 Å². The number of thiophene rings is 1. The number of oxime groups is 1. The number of hydrogen-bond donors (Lipinski definition) is 0. The summed E-state index contributed by atoms with van der Waals surface area (Å²) in [6.45, 7) is 0. The summed E-state index contributed by atoms with van der Waals surface area (Å²) in [4.78, 5) is 18.2. The number of rotatable bonds is 3. The van der Waals surface area contributed by atoms with E-state index in [-0.39, 0.29) is 0 Å². The van der Waals surface area contributed by atoms with Gasteiger partial charge in [0, 0.05) is 24.5 Å². The highest BCUT2D eigenvalue weighted by Crippen LogP contribution is 2.39. The zero-order valence-electron chi connectivity index (χ0n) is 13.3. The van der Waals surface area contributed by atoms with Crippen LogP contribution in [0.2, 0.25) is 0 Å². The summed E-state index contributed by atoms with van der Waals surface area (Å²) in [6, 6.07) is 11.2. The lowest BCUT2D eigenvalue weighted by Gasteiger charge is -2.12. The molecule has 1 aliphatic rings. The van der Waals surface area contributed by atoms with E-state index in [1.54, 1.807) is 6.07 Å². The van der Waals surface area contributed by atoms with Gasteiger partial charge in [0.15, 0.2) is 5.71 Å². The average molecular weight is 366 g/mol. The second-order valence-electron chi connectivity index (χ2n) is 5.50. The molecule has 25 heavy (non-hydrogen) atoms. The Morgan fingerprint density at radius 1 is 1.20 bits per heavy atom. The molecule has 3 rings (SSSR count). The molecule has 130 valence electrons. The normalized spacial score (nSPS) is 16.1. The standard InChI is InChI=1S/C17H13F3N2O2S/c1-22(2)15-12(10-6-4-3-5-7-10)8-11(25-15)9-13-14(17(18,19)20)21-24-16(13)23/h3-9H,1-2H3. The SMILES string of the molecule is CN(C)c1sc(C=C2C(=O)ON=C2C(F)(F)F)cc1-c1ccccc1. The van der Waals surface area contributed by atoms with Crippen molar-refractivity contribution in [3.05, 3.63) is 46.8 Å². The molecule has 0 bridgehead atoms. The number of anilines is 1. The van der Waals surface area contributed by atoms with E-state index < -0.39 is 23.4 Å². The van der Waals surface area contributed by atoms with Crippen molar-refractivity contribution in [1.29, 1.82) is 0 Å². The van der Waals surface area contributed by atoms with E-state index in [0.29, 0.717) is 4.88 Å². The highest BCUT2D eigenvalue weighted by Gasteiger charge is 2.45. The van der Waals surface area contributed by atoms with Crippen molar-refractivity contribution in [2.75, 3.05) is 19.0 Å². The molecule has 2 aromatic rings. The number of carbonyl (C=O) groups is 1. The van der Waals surface area contributed by atoms with E-state index in [9.17, 15) is 18.0 Å². The molecule has 0 saturated heterocycles. The monoisotopic (exact) mass is 366 g/mol. The minimum Gasteiger partial charge on any atom is -0.369 e. The molecule has 0 fully saturated rings. The van der Waals surface area contributed by atoms with Gasteiger partial charge < -0.3 is 9.74 Å². The maximum atomic E-state index is 13.0. The number of carbonyl (C=O) groups excluding carboxylic acids is 1. The fourth-order valence-electron chi connectivity index (χ4n) is 2.38. The van der Waals surface area contributed by atoms with Crippen molar-refractivity contribution < 1.29 is 22.8 Å². The molecule has 0 amide bonds. The fourth-order valence-corrected chi connectivity index (χ4v) is 3.43. The largest absolute Gasteiger partial charge is 0.437 e. The summed E-state index contributed by atoms with van der Waals surface area (Å²) in [5.41, 5.74) is -0.0812. The van der Waals surface area contributed by atoms with Gasteiger partial charge in [0.05, 0.1) is 10.6 Å². The third-order valence-corrected chi connectivity index (χ3v) is 4.72. The molecule has 4 nitrogen and oxygen atoms in total. The van der Waals surface area contributed by atoms with E-state index in [2.05, 4.69) is 9.99 Å². The Balaban J connectivity index is 2.07. The van der Waals surface area contributed by atoms with E-state index in [0.717, 1.165) is 16.1 Å². The Kier molecular flexibility index (Phi) is 4.38. The molecule has 2 heterocycles. The van der Waals surface area contributed by atoms with Gasteiger partial charge in [-0.05, 0) is 17.7 Å². The fraction of sp³-hybridized carbons (Fsp3) is 0.176. The van der Waals surface area contributed by atoms with Crippen LogP contribution >= 0.6 is 11.3 Å². The number of hydrogen-bond acceptors (Lipinski definition) is 5. The van der Waals surface area contributed by atoms with Gasteiger partial charge in [-0.25, -0.2) is 4.79 Å². The van der Waals surface area contributed by atoms with Gasteiger partial charge >= 0.3 is 12.1 Å². The predicted octanol–water partition coefficient (Wildman–Crippen LogP) is 4.34. The van der Waals surface area contributed by atoms with Gasteiger partial charge in [0.25, 0.3) is 0 Å². The highest BCUT2D eigenvalue weighted by atomic mass is 32.1. The van der Waals surface area contributed by atoms with Crippen molar-refractivity contribution in [2.45, 2.75) is 6.18 Å². The van der Waals surface area contributed by atoms with E-state index >= 15 is 0 Å². The molecule has 8 heteroatoms. The molecule has 0 radical (unpaired) electrons. The van der Waals surface area contributed by atoms with Gasteiger partial charge in [-0.2, -0.15) is 13.2 Å². The minimum absolute atomic E-state index is 0.508. The summed E-state index contributed by atoms with van der Waals surface area (Å²) in [7, 11) is 3.70. The van der Waals surface area contributed by atoms with Crippen molar-refractivity contribution in [1.82, 2.24) is 0 Å². The minimum atomic E-state index is -4.75. The van der Waals surface area contributed by atoms with Crippen LogP contribution in [0.5, 0.6) is 0 Å². The van der Waals surface area contributed by atoms with Gasteiger partial charge in [0.2, 0.25) is 0 Å². The molecular weight excluding hydrogens is 353 g/mol.